The van der Waals surface area contributed by atoms with Gasteiger partial charge in [0.25, 0.3) is 0 Å². The van der Waals surface area contributed by atoms with Crippen LogP contribution in [0.25, 0.3) is 11.3 Å². The molecule has 0 amide bonds. The highest BCUT2D eigenvalue weighted by molar-refractivity contribution is 6.31. The molecule has 0 saturated heterocycles. The van der Waals surface area contributed by atoms with E-state index in [2.05, 4.69) is 4.98 Å². The first-order valence-corrected chi connectivity index (χ1v) is 7.65. The molecule has 0 fully saturated rings. The molecule has 3 rings (SSSR count). The van der Waals surface area contributed by atoms with Crippen LogP contribution in [0.1, 0.15) is 22.0 Å². The Morgan fingerprint density at radius 2 is 1.44 bits per heavy atom. The number of alkyl halides is 3. The molecule has 2 aromatic carbocycles. The second-order valence-corrected chi connectivity index (χ2v) is 5.91. The van der Waals surface area contributed by atoms with Gasteiger partial charge in [-0.15, -0.1) is 0 Å². The van der Waals surface area contributed by atoms with Gasteiger partial charge in [-0.3, -0.25) is 4.79 Å². The number of nitrogens with zero attached hydrogens (tertiary/aromatic N) is 1. The van der Waals surface area contributed by atoms with Crippen LogP contribution in [-0.4, -0.2) is 10.8 Å². The van der Waals surface area contributed by atoms with Crippen molar-refractivity contribution in [2.45, 2.75) is 6.18 Å². The maximum absolute atomic E-state index is 13.0. The van der Waals surface area contributed by atoms with Crippen molar-refractivity contribution in [3.8, 4) is 11.3 Å². The molecule has 0 bridgehead atoms. The molecule has 0 spiro atoms. The normalized spacial score (nSPS) is 11.6. The van der Waals surface area contributed by atoms with Crippen molar-refractivity contribution < 1.29 is 22.4 Å². The SMILES string of the molecule is O=C(c1ccc(Cl)cc1)c1oc(C(F)(F)F)nc1-c1ccc(Cl)cc1. The number of hydrogen-bond donors (Lipinski definition) is 0. The molecule has 1 aromatic heterocycles. The fourth-order valence-electron chi connectivity index (χ4n) is 2.13. The topological polar surface area (TPSA) is 43.1 Å². The summed E-state index contributed by atoms with van der Waals surface area (Å²) in [5, 5.41) is 0.789. The van der Waals surface area contributed by atoms with Crippen LogP contribution in [0.2, 0.25) is 10.0 Å². The van der Waals surface area contributed by atoms with Gasteiger partial charge < -0.3 is 4.42 Å². The third-order valence-corrected chi connectivity index (χ3v) is 3.80. The lowest BCUT2D eigenvalue weighted by atomic mass is 10.0. The Labute approximate surface area is 150 Å². The van der Waals surface area contributed by atoms with Crippen molar-refractivity contribution in [2.24, 2.45) is 0 Å². The first kappa shape index (κ1) is 17.5. The van der Waals surface area contributed by atoms with Crippen LogP contribution in [0.3, 0.4) is 0 Å². The zero-order valence-electron chi connectivity index (χ0n) is 12.3. The average molecular weight is 386 g/mol. The summed E-state index contributed by atoms with van der Waals surface area (Å²) >= 11 is 11.5. The standard InChI is InChI=1S/C17H8Cl2F3NO2/c18-11-5-1-9(2-6-11)13-15(25-16(23-13)17(20,21)22)14(24)10-3-7-12(19)8-4-10/h1-8H. The summed E-state index contributed by atoms with van der Waals surface area (Å²) in [6.45, 7) is 0. The Balaban J connectivity index is 2.13. The van der Waals surface area contributed by atoms with Crippen LogP contribution < -0.4 is 0 Å². The lowest BCUT2D eigenvalue weighted by Gasteiger charge is -2.02. The van der Waals surface area contributed by atoms with Gasteiger partial charge in [0.15, 0.2) is 0 Å². The molecule has 3 aromatic rings. The van der Waals surface area contributed by atoms with E-state index in [1.54, 1.807) is 0 Å². The van der Waals surface area contributed by atoms with Gasteiger partial charge in [-0.2, -0.15) is 13.2 Å². The number of benzene rings is 2. The molecule has 1 heterocycles. The van der Waals surface area contributed by atoms with E-state index >= 15 is 0 Å². The summed E-state index contributed by atoms with van der Waals surface area (Å²) in [7, 11) is 0. The van der Waals surface area contributed by atoms with Crippen molar-refractivity contribution >= 4 is 29.0 Å². The van der Waals surface area contributed by atoms with Gasteiger partial charge >= 0.3 is 12.1 Å². The lowest BCUT2D eigenvalue weighted by Crippen LogP contribution is -2.05. The highest BCUT2D eigenvalue weighted by Crippen LogP contribution is 2.35. The minimum absolute atomic E-state index is 0.129. The second-order valence-electron chi connectivity index (χ2n) is 5.04. The number of carbonyl (C=O) groups excluding carboxylic acids is 1. The van der Waals surface area contributed by atoms with Crippen LogP contribution in [0.5, 0.6) is 0 Å². The first-order valence-electron chi connectivity index (χ1n) is 6.90. The molecule has 0 radical (unpaired) electrons. The summed E-state index contributed by atoms with van der Waals surface area (Å²) in [6, 6.07) is 11.6. The fraction of sp³-hybridized carbons (Fsp3) is 0.0588. The molecular weight excluding hydrogens is 378 g/mol. The zero-order chi connectivity index (χ0) is 18.2. The monoisotopic (exact) mass is 385 g/mol. The van der Waals surface area contributed by atoms with Crippen molar-refractivity contribution in [1.29, 1.82) is 0 Å². The van der Waals surface area contributed by atoms with E-state index in [0.717, 1.165) is 0 Å². The van der Waals surface area contributed by atoms with Gasteiger partial charge in [0.2, 0.25) is 11.5 Å². The Morgan fingerprint density at radius 1 is 0.920 bits per heavy atom. The zero-order valence-corrected chi connectivity index (χ0v) is 13.8. The van der Waals surface area contributed by atoms with E-state index in [0.29, 0.717) is 10.0 Å². The van der Waals surface area contributed by atoms with Crippen molar-refractivity contribution in [2.75, 3.05) is 0 Å². The third kappa shape index (κ3) is 3.70. The predicted octanol–water partition coefficient (Wildman–Crippen LogP) is 5.90. The quantitative estimate of drug-likeness (QED) is 0.527. The Morgan fingerprint density at radius 3 is 1.96 bits per heavy atom. The van der Waals surface area contributed by atoms with Crippen LogP contribution >= 0.6 is 23.2 Å². The van der Waals surface area contributed by atoms with Crippen molar-refractivity contribution in [3.05, 3.63) is 75.8 Å². The molecule has 3 nitrogen and oxygen atoms in total. The van der Waals surface area contributed by atoms with Crippen molar-refractivity contribution in [3.63, 3.8) is 0 Å². The number of carbonyl (C=O) groups is 1. The third-order valence-electron chi connectivity index (χ3n) is 3.30. The van der Waals surface area contributed by atoms with Crippen LogP contribution in [0, 0.1) is 0 Å². The highest BCUT2D eigenvalue weighted by Gasteiger charge is 2.40. The Hall–Kier alpha value is -2.31. The van der Waals surface area contributed by atoms with Gasteiger partial charge in [0, 0.05) is 21.2 Å². The highest BCUT2D eigenvalue weighted by atomic mass is 35.5. The summed E-state index contributed by atoms with van der Waals surface area (Å²) in [4.78, 5) is 16.1. The van der Waals surface area contributed by atoms with E-state index in [1.807, 2.05) is 0 Å². The molecule has 0 saturated carbocycles. The summed E-state index contributed by atoms with van der Waals surface area (Å²) < 4.78 is 43.7. The molecule has 0 unspecified atom stereocenters. The summed E-state index contributed by atoms with van der Waals surface area (Å²) in [5.74, 6) is -2.73. The van der Waals surface area contributed by atoms with E-state index in [1.165, 1.54) is 48.5 Å². The number of rotatable bonds is 3. The van der Waals surface area contributed by atoms with E-state index in [9.17, 15) is 18.0 Å². The molecular formula is C17H8Cl2F3NO2. The minimum Gasteiger partial charge on any atom is -0.429 e. The minimum atomic E-state index is -4.82. The summed E-state index contributed by atoms with van der Waals surface area (Å²) in [5.41, 5.74) is 0.203. The molecule has 0 atom stereocenters. The maximum Gasteiger partial charge on any atom is 0.468 e. The van der Waals surface area contributed by atoms with Crippen LogP contribution in [0.4, 0.5) is 13.2 Å². The predicted molar refractivity (Wildman–Crippen MR) is 86.8 cm³/mol. The molecule has 128 valence electrons. The van der Waals surface area contributed by atoms with Gasteiger partial charge in [-0.1, -0.05) is 35.3 Å². The molecule has 0 aliphatic heterocycles. The number of aromatic nitrogens is 1. The molecule has 25 heavy (non-hydrogen) atoms. The fourth-order valence-corrected chi connectivity index (χ4v) is 2.38. The van der Waals surface area contributed by atoms with Gasteiger partial charge in [0.05, 0.1) is 0 Å². The molecule has 0 N–H and O–H groups in total. The Kier molecular flexibility index (Phi) is 4.58. The molecule has 0 aliphatic rings. The number of ketones is 1. The Bertz CT molecular complexity index is 917. The summed E-state index contributed by atoms with van der Waals surface area (Å²) in [6.07, 6.45) is -4.82. The largest absolute Gasteiger partial charge is 0.468 e. The van der Waals surface area contributed by atoms with E-state index in [-0.39, 0.29) is 16.8 Å². The smallest absolute Gasteiger partial charge is 0.429 e. The number of oxazole rings is 1. The average Bonchev–Trinajstić information content (AvgIpc) is 3.01. The van der Waals surface area contributed by atoms with Crippen molar-refractivity contribution in [1.82, 2.24) is 4.98 Å². The molecule has 8 heteroatoms. The van der Waals surface area contributed by atoms with Gasteiger partial charge in [-0.05, 0) is 36.4 Å². The number of hydrogen-bond acceptors (Lipinski definition) is 3. The van der Waals surface area contributed by atoms with Crippen LogP contribution in [-0.2, 0) is 6.18 Å². The van der Waals surface area contributed by atoms with Crippen LogP contribution in [0.15, 0.2) is 52.9 Å². The van der Waals surface area contributed by atoms with Gasteiger partial charge in [0.1, 0.15) is 5.69 Å². The first-order chi connectivity index (χ1) is 11.8. The molecule has 0 aliphatic carbocycles. The maximum atomic E-state index is 13.0. The van der Waals surface area contributed by atoms with Gasteiger partial charge in [-0.25, -0.2) is 4.98 Å². The lowest BCUT2D eigenvalue weighted by molar-refractivity contribution is -0.157. The number of halogens is 5. The second kappa shape index (κ2) is 6.54. The van der Waals surface area contributed by atoms with E-state index in [4.69, 9.17) is 27.6 Å². The van der Waals surface area contributed by atoms with E-state index < -0.39 is 23.6 Å².